The topological polar surface area (TPSA) is 49.8 Å². The van der Waals surface area contributed by atoms with Crippen molar-refractivity contribution in [2.75, 3.05) is 50.5 Å². The van der Waals surface area contributed by atoms with E-state index in [0.29, 0.717) is 26.1 Å². The van der Waals surface area contributed by atoms with Gasteiger partial charge in [-0.2, -0.15) is 0 Å². The second-order valence-electron chi connectivity index (χ2n) is 7.35. The van der Waals surface area contributed by atoms with Gasteiger partial charge in [0.05, 0.1) is 12.7 Å². The molecule has 1 N–H and O–H groups in total. The maximum atomic E-state index is 12.0. The van der Waals surface area contributed by atoms with Gasteiger partial charge in [0.2, 0.25) is 0 Å². The molecule has 0 aromatic heterocycles. The zero-order valence-electron chi connectivity index (χ0n) is 12.6. The molecule has 1 aliphatic heterocycles. The number of nitrogens with zero attached hydrogens (tertiary/aromatic N) is 1. The first-order valence-corrected chi connectivity index (χ1v) is 11.1. The van der Waals surface area contributed by atoms with Gasteiger partial charge >= 0.3 is 6.09 Å². The molecular weight excluding hydrogens is 262 g/mol. The van der Waals surface area contributed by atoms with Gasteiger partial charge in [-0.3, -0.25) is 9.16 Å². The van der Waals surface area contributed by atoms with E-state index in [4.69, 9.17) is 4.74 Å². The minimum Gasteiger partial charge on any atom is -0.449 e. The van der Waals surface area contributed by atoms with Gasteiger partial charge in [-0.05, 0) is 43.6 Å². The second-order valence-corrected chi connectivity index (χ2v) is 15.7. The summed E-state index contributed by atoms with van der Waals surface area (Å²) in [6, 6.07) is 0. The Morgan fingerprint density at radius 3 is 2.68 bits per heavy atom. The second kappa shape index (κ2) is 6.18. The summed E-state index contributed by atoms with van der Waals surface area (Å²) in [5.41, 5.74) is 0. The van der Waals surface area contributed by atoms with Crippen molar-refractivity contribution in [3.8, 4) is 0 Å². The summed E-state index contributed by atoms with van der Waals surface area (Å²) in [4.78, 5) is 13.7. The molecule has 0 saturated heterocycles. The monoisotopic (exact) mass is 291 g/mol. The molecule has 5 heteroatoms. The summed E-state index contributed by atoms with van der Waals surface area (Å²) < 4.78 is 5.37. The molecule has 0 aromatic carbocycles. The third-order valence-electron chi connectivity index (χ3n) is 3.09. The minimum absolute atomic E-state index is 0.247. The van der Waals surface area contributed by atoms with Crippen molar-refractivity contribution in [3.63, 3.8) is 0 Å². The van der Waals surface area contributed by atoms with Crippen LogP contribution in [0.4, 0.5) is 4.79 Å². The molecule has 114 valence electrons. The standard InChI is InChI=1S/C14H29NO3S/c1-19(2,3,4)12-11-18-14(17)15-9-6-5-7-13(16)8-10-15/h5,7,13,16,19H,6,8-12H2,1-4H3/b7-5-. The van der Waals surface area contributed by atoms with Gasteiger partial charge < -0.3 is 14.7 Å². The van der Waals surface area contributed by atoms with E-state index >= 15 is 0 Å². The first-order valence-electron chi connectivity index (χ1n) is 6.90. The molecule has 1 heterocycles. The van der Waals surface area contributed by atoms with Gasteiger partial charge in [0.25, 0.3) is 0 Å². The normalized spacial score (nSPS) is 24.8. The summed E-state index contributed by atoms with van der Waals surface area (Å²) >= 11 is 0. The molecule has 0 fully saturated rings. The lowest BCUT2D eigenvalue weighted by atomic mass is 10.1. The van der Waals surface area contributed by atoms with Crippen LogP contribution in [0, 0.1) is 0 Å². The molecule has 1 unspecified atom stereocenters. The molecule has 0 radical (unpaired) electrons. The summed E-state index contributed by atoms with van der Waals surface area (Å²) in [7, 11) is -1.61. The van der Waals surface area contributed by atoms with Crippen LogP contribution in [0.2, 0.25) is 0 Å². The summed E-state index contributed by atoms with van der Waals surface area (Å²) in [5, 5.41) is 9.57. The number of amides is 1. The van der Waals surface area contributed by atoms with Crippen LogP contribution in [-0.2, 0) is 4.74 Å². The van der Waals surface area contributed by atoms with Crippen LogP contribution in [0.1, 0.15) is 12.8 Å². The SMILES string of the molecule is C[SH](C)(C)(C)CCOC(=O)N1CC/C=C\C(O)CC1. The summed E-state index contributed by atoms with van der Waals surface area (Å²) in [6.07, 6.45) is 13.5. The minimum atomic E-state index is -1.61. The molecule has 0 saturated carbocycles. The number of hydrogen-bond acceptors (Lipinski definition) is 3. The Kier molecular flexibility index (Phi) is 5.33. The number of aliphatic hydroxyl groups is 1. The number of rotatable bonds is 3. The predicted molar refractivity (Wildman–Crippen MR) is 84.9 cm³/mol. The third-order valence-corrected chi connectivity index (χ3v) is 5.06. The van der Waals surface area contributed by atoms with Crippen molar-refractivity contribution in [2.24, 2.45) is 0 Å². The zero-order valence-corrected chi connectivity index (χ0v) is 13.5. The van der Waals surface area contributed by atoms with E-state index in [-0.39, 0.29) is 6.09 Å². The lowest BCUT2D eigenvalue weighted by molar-refractivity contribution is 0.100. The number of carbonyl (C=O) groups excluding carboxylic acids is 1. The Labute approximate surface area is 117 Å². The number of carbonyl (C=O) groups is 1. The average molecular weight is 291 g/mol. The predicted octanol–water partition coefficient (Wildman–Crippen LogP) is 1.73. The van der Waals surface area contributed by atoms with Crippen molar-refractivity contribution in [2.45, 2.75) is 18.9 Å². The fourth-order valence-corrected chi connectivity index (χ4v) is 2.57. The van der Waals surface area contributed by atoms with Gasteiger partial charge in [-0.1, -0.05) is 12.2 Å². The highest BCUT2D eigenvalue weighted by molar-refractivity contribution is 8.47. The summed E-state index contributed by atoms with van der Waals surface area (Å²) in [6.45, 7) is 1.72. The maximum Gasteiger partial charge on any atom is 0.409 e. The van der Waals surface area contributed by atoms with Gasteiger partial charge in [-0.15, -0.1) is 0 Å². The number of ether oxygens (including phenoxy) is 1. The van der Waals surface area contributed by atoms with E-state index in [1.165, 1.54) is 0 Å². The van der Waals surface area contributed by atoms with Crippen LogP contribution >= 0.6 is 9.16 Å². The lowest BCUT2D eigenvalue weighted by Crippen LogP contribution is -2.36. The molecule has 0 aliphatic carbocycles. The van der Waals surface area contributed by atoms with Crippen molar-refractivity contribution in [1.29, 1.82) is 0 Å². The lowest BCUT2D eigenvalue weighted by Gasteiger charge is -2.46. The molecule has 0 spiro atoms. The maximum absolute atomic E-state index is 12.0. The highest BCUT2D eigenvalue weighted by Crippen LogP contribution is 2.54. The van der Waals surface area contributed by atoms with E-state index in [1.54, 1.807) is 11.0 Å². The first-order chi connectivity index (χ1) is 8.63. The Morgan fingerprint density at radius 2 is 2.05 bits per heavy atom. The van der Waals surface area contributed by atoms with Gasteiger partial charge in [0.1, 0.15) is 0 Å². The third kappa shape index (κ3) is 7.47. The Balaban J connectivity index is 2.39. The highest BCUT2D eigenvalue weighted by Gasteiger charge is 2.21. The molecule has 1 aliphatic rings. The summed E-state index contributed by atoms with van der Waals surface area (Å²) in [5.74, 6) is 0.952. The van der Waals surface area contributed by atoms with Crippen molar-refractivity contribution in [1.82, 2.24) is 4.90 Å². The molecule has 1 amide bonds. The molecule has 19 heavy (non-hydrogen) atoms. The van der Waals surface area contributed by atoms with Crippen molar-refractivity contribution in [3.05, 3.63) is 12.2 Å². The molecular formula is C14H29NO3S. The van der Waals surface area contributed by atoms with E-state index in [0.717, 1.165) is 12.2 Å². The Hall–Kier alpha value is -0.680. The fraction of sp³-hybridized carbons (Fsp3) is 0.786. The molecule has 4 nitrogen and oxygen atoms in total. The first kappa shape index (κ1) is 16.4. The molecule has 0 aromatic rings. The van der Waals surface area contributed by atoms with Crippen LogP contribution in [0.15, 0.2) is 12.2 Å². The Bertz CT molecular complexity index is 337. The van der Waals surface area contributed by atoms with Crippen LogP contribution in [-0.4, -0.2) is 72.7 Å². The van der Waals surface area contributed by atoms with Gasteiger partial charge in [0, 0.05) is 13.1 Å². The zero-order chi connectivity index (χ0) is 14.5. The van der Waals surface area contributed by atoms with Gasteiger partial charge in [-0.25, -0.2) is 4.79 Å². The van der Waals surface area contributed by atoms with Crippen LogP contribution in [0.5, 0.6) is 0 Å². The van der Waals surface area contributed by atoms with Crippen molar-refractivity contribution >= 4 is 15.3 Å². The van der Waals surface area contributed by atoms with Crippen LogP contribution in [0.3, 0.4) is 0 Å². The van der Waals surface area contributed by atoms with Crippen LogP contribution in [0.25, 0.3) is 0 Å². The Morgan fingerprint density at radius 1 is 1.37 bits per heavy atom. The van der Waals surface area contributed by atoms with E-state index in [1.807, 2.05) is 6.08 Å². The number of aliphatic hydroxyl groups excluding tert-OH is 1. The molecule has 1 rings (SSSR count). The van der Waals surface area contributed by atoms with Gasteiger partial charge in [0.15, 0.2) is 0 Å². The largest absolute Gasteiger partial charge is 0.449 e. The molecule has 1 atom stereocenters. The van der Waals surface area contributed by atoms with Crippen molar-refractivity contribution < 1.29 is 14.6 Å². The number of thiol groups is 1. The van der Waals surface area contributed by atoms with E-state index in [9.17, 15) is 9.90 Å². The fourth-order valence-electron chi connectivity index (χ4n) is 1.75. The number of hydrogen-bond donors (Lipinski definition) is 2. The van der Waals surface area contributed by atoms with Crippen LogP contribution < -0.4 is 0 Å². The van der Waals surface area contributed by atoms with E-state index < -0.39 is 15.3 Å². The van der Waals surface area contributed by atoms with E-state index in [2.05, 4.69) is 25.0 Å². The smallest absolute Gasteiger partial charge is 0.409 e. The quantitative estimate of drug-likeness (QED) is 0.615. The molecule has 0 bridgehead atoms. The average Bonchev–Trinajstić information content (AvgIpc) is 2.21. The highest BCUT2D eigenvalue weighted by atomic mass is 32.3.